The Kier molecular flexibility index (Phi) is 3.80. The number of hydrogen-bond donors (Lipinski definition) is 2. The molecule has 0 spiro atoms. The molecule has 0 bridgehead atoms. The summed E-state index contributed by atoms with van der Waals surface area (Å²) < 4.78 is 15.6. The van der Waals surface area contributed by atoms with Crippen molar-refractivity contribution in [2.24, 2.45) is 0 Å². The van der Waals surface area contributed by atoms with Crippen LogP contribution in [0.25, 0.3) is 32.9 Å². The largest absolute Gasteiger partial charge is 0.494 e. The Labute approximate surface area is 150 Å². The fourth-order valence-electron chi connectivity index (χ4n) is 3.52. The molecule has 0 atom stereocenters. The van der Waals surface area contributed by atoms with E-state index in [1.807, 2.05) is 38.2 Å². The number of nitrogens with zero attached hydrogens (tertiary/aromatic N) is 2. The highest BCUT2D eigenvalue weighted by molar-refractivity contribution is 6.12. The van der Waals surface area contributed by atoms with Gasteiger partial charge in [-0.15, -0.1) is 0 Å². The van der Waals surface area contributed by atoms with Crippen molar-refractivity contribution in [3.05, 3.63) is 54.0 Å². The standard InChI is InChI=1S/C21H20FN3O/c1-3-9-25-11-17-18(21(25)26)19(23)15-6-4-5-14(20(15)24-17)16-10-13(22)8-7-12(16)2/h4-8,10-11,26H,3,9,23H2,1-2H3. The van der Waals surface area contributed by atoms with Crippen LogP contribution in [0.4, 0.5) is 10.1 Å². The highest BCUT2D eigenvalue weighted by atomic mass is 19.1. The molecule has 4 rings (SSSR count). The lowest BCUT2D eigenvalue weighted by atomic mass is 9.97. The van der Waals surface area contributed by atoms with Gasteiger partial charge in [-0.3, -0.25) is 0 Å². The van der Waals surface area contributed by atoms with Gasteiger partial charge in [0.05, 0.1) is 22.1 Å². The first-order chi connectivity index (χ1) is 12.5. The molecule has 4 aromatic rings. The Bertz CT molecular complexity index is 1150. The van der Waals surface area contributed by atoms with E-state index in [2.05, 4.69) is 0 Å². The van der Waals surface area contributed by atoms with Crippen molar-refractivity contribution in [1.29, 1.82) is 0 Å². The van der Waals surface area contributed by atoms with Crippen LogP contribution in [0.15, 0.2) is 42.6 Å². The second-order valence-corrected chi connectivity index (χ2v) is 6.59. The second-order valence-electron chi connectivity index (χ2n) is 6.59. The molecule has 0 unspecified atom stereocenters. The predicted molar refractivity (Wildman–Crippen MR) is 104 cm³/mol. The highest BCUT2D eigenvalue weighted by Gasteiger charge is 2.17. The first-order valence-electron chi connectivity index (χ1n) is 8.67. The number of nitrogens with two attached hydrogens (primary N) is 1. The van der Waals surface area contributed by atoms with E-state index >= 15 is 0 Å². The fraction of sp³-hybridized carbons (Fsp3) is 0.190. The Hall–Kier alpha value is -3.08. The third kappa shape index (κ3) is 2.39. The van der Waals surface area contributed by atoms with Gasteiger partial charge in [-0.1, -0.05) is 31.2 Å². The summed E-state index contributed by atoms with van der Waals surface area (Å²) >= 11 is 0. The summed E-state index contributed by atoms with van der Waals surface area (Å²) in [6.07, 6.45) is 2.71. The monoisotopic (exact) mass is 349 g/mol. The van der Waals surface area contributed by atoms with E-state index in [1.165, 1.54) is 12.1 Å². The van der Waals surface area contributed by atoms with E-state index in [0.29, 0.717) is 28.7 Å². The van der Waals surface area contributed by atoms with Crippen molar-refractivity contribution < 1.29 is 9.50 Å². The van der Waals surface area contributed by atoms with Gasteiger partial charge in [0, 0.05) is 23.7 Å². The normalized spacial score (nSPS) is 11.5. The molecule has 0 aliphatic rings. The number of aryl methyl sites for hydroxylation is 2. The van der Waals surface area contributed by atoms with Gasteiger partial charge in [0.2, 0.25) is 5.88 Å². The van der Waals surface area contributed by atoms with Crippen LogP contribution in [-0.4, -0.2) is 14.7 Å². The molecule has 2 aromatic heterocycles. The van der Waals surface area contributed by atoms with Gasteiger partial charge in [0.25, 0.3) is 0 Å². The quantitative estimate of drug-likeness (QED) is 0.547. The van der Waals surface area contributed by atoms with E-state index in [4.69, 9.17) is 10.7 Å². The average molecular weight is 349 g/mol. The Balaban J connectivity index is 2.08. The van der Waals surface area contributed by atoms with Crippen molar-refractivity contribution in [2.45, 2.75) is 26.8 Å². The van der Waals surface area contributed by atoms with Crippen LogP contribution in [0.1, 0.15) is 18.9 Å². The van der Waals surface area contributed by atoms with Crippen molar-refractivity contribution in [1.82, 2.24) is 9.55 Å². The zero-order valence-electron chi connectivity index (χ0n) is 14.8. The second kappa shape index (κ2) is 6.02. The zero-order chi connectivity index (χ0) is 18.4. The van der Waals surface area contributed by atoms with E-state index in [1.54, 1.807) is 10.6 Å². The summed E-state index contributed by atoms with van der Waals surface area (Å²) in [6, 6.07) is 10.4. The summed E-state index contributed by atoms with van der Waals surface area (Å²) in [5.41, 5.74) is 10.8. The molecule has 0 aliphatic heterocycles. The van der Waals surface area contributed by atoms with E-state index < -0.39 is 0 Å². The van der Waals surface area contributed by atoms with Crippen LogP contribution in [0.5, 0.6) is 5.88 Å². The van der Waals surface area contributed by atoms with Crippen LogP contribution in [-0.2, 0) is 6.54 Å². The maximum Gasteiger partial charge on any atom is 0.202 e. The van der Waals surface area contributed by atoms with E-state index in [-0.39, 0.29) is 11.7 Å². The molecule has 0 saturated heterocycles. The van der Waals surface area contributed by atoms with Gasteiger partial charge in [0.1, 0.15) is 5.82 Å². The van der Waals surface area contributed by atoms with Crippen LogP contribution < -0.4 is 5.73 Å². The van der Waals surface area contributed by atoms with Crippen LogP contribution in [0.3, 0.4) is 0 Å². The lowest BCUT2D eigenvalue weighted by Crippen LogP contribution is -1.94. The Morgan fingerprint density at radius 2 is 2.00 bits per heavy atom. The van der Waals surface area contributed by atoms with E-state index in [0.717, 1.165) is 28.5 Å². The molecule has 2 aromatic carbocycles. The smallest absolute Gasteiger partial charge is 0.202 e. The summed E-state index contributed by atoms with van der Waals surface area (Å²) in [5.74, 6) is -0.149. The molecule has 2 heterocycles. The summed E-state index contributed by atoms with van der Waals surface area (Å²) in [7, 11) is 0. The van der Waals surface area contributed by atoms with Crippen molar-refractivity contribution in [2.75, 3.05) is 5.73 Å². The first-order valence-corrected chi connectivity index (χ1v) is 8.67. The average Bonchev–Trinajstić information content (AvgIpc) is 2.93. The van der Waals surface area contributed by atoms with Crippen molar-refractivity contribution in [3.8, 4) is 17.0 Å². The molecule has 0 saturated carbocycles. The minimum atomic E-state index is -0.289. The number of pyridine rings is 1. The number of fused-ring (bicyclic) bond motifs is 2. The lowest BCUT2D eigenvalue weighted by Gasteiger charge is -2.11. The van der Waals surface area contributed by atoms with Crippen LogP contribution >= 0.6 is 0 Å². The number of nitrogen functional groups attached to an aromatic ring is 1. The summed E-state index contributed by atoms with van der Waals surface area (Å²) in [4.78, 5) is 4.77. The molecule has 3 N–H and O–H groups in total. The maximum absolute atomic E-state index is 13.8. The number of hydrogen-bond acceptors (Lipinski definition) is 3. The number of rotatable bonds is 3. The molecule has 26 heavy (non-hydrogen) atoms. The summed E-state index contributed by atoms with van der Waals surface area (Å²) in [6.45, 7) is 4.68. The molecular weight excluding hydrogens is 329 g/mol. The van der Waals surface area contributed by atoms with Gasteiger partial charge in [-0.2, -0.15) is 0 Å². The molecule has 0 radical (unpaired) electrons. The van der Waals surface area contributed by atoms with E-state index in [9.17, 15) is 9.50 Å². The Morgan fingerprint density at radius 3 is 2.77 bits per heavy atom. The molecular formula is C21H20FN3O. The predicted octanol–water partition coefficient (Wildman–Crippen LogP) is 5.00. The molecule has 0 aliphatic carbocycles. The fourth-order valence-corrected chi connectivity index (χ4v) is 3.52. The number of para-hydroxylation sites is 1. The van der Waals surface area contributed by atoms with Gasteiger partial charge in [0.15, 0.2) is 0 Å². The van der Waals surface area contributed by atoms with Crippen LogP contribution in [0, 0.1) is 12.7 Å². The number of anilines is 1. The maximum atomic E-state index is 13.8. The molecule has 132 valence electrons. The number of benzene rings is 2. The number of halogens is 1. The number of aromatic hydroxyl groups is 1. The first kappa shape index (κ1) is 16.4. The SMILES string of the molecule is CCCn1cc2nc3c(-c4cc(F)ccc4C)cccc3c(N)c2c1O. The third-order valence-corrected chi connectivity index (χ3v) is 4.81. The van der Waals surface area contributed by atoms with Gasteiger partial charge >= 0.3 is 0 Å². The highest BCUT2D eigenvalue weighted by Crippen LogP contribution is 2.39. The third-order valence-electron chi connectivity index (χ3n) is 4.81. The Morgan fingerprint density at radius 1 is 1.19 bits per heavy atom. The minimum absolute atomic E-state index is 0.140. The van der Waals surface area contributed by atoms with Gasteiger partial charge in [-0.25, -0.2) is 9.37 Å². The summed E-state index contributed by atoms with van der Waals surface area (Å²) in [5, 5.41) is 11.8. The van der Waals surface area contributed by atoms with Crippen LogP contribution in [0.2, 0.25) is 0 Å². The van der Waals surface area contributed by atoms with Crippen molar-refractivity contribution >= 4 is 27.5 Å². The van der Waals surface area contributed by atoms with Gasteiger partial charge in [-0.05, 0) is 36.6 Å². The zero-order valence-corrected chi connectivity index (χ0v) is 14.8. The molecule has 4 nitrogen and oxygen atoms in total. The van der Waals surface area contributed by atoms with Crippen molar-refractivity contribution in [3.63, 3.8) is 0 Å². The molecule has 5 heteroatoms. The molecule has 0 fully saturated rings. The van der Waals surface area contributed by atoms with Gasteiger partial charge < -0.3 is 15.4 Å². The minimum Gasteiger partial charge on any atom is -0.494 e. The topological polar surface area (TPSA) is 64.1 Å². The molecule has 0 amide bonds. The number of aromatic nitrogens is 2. The lowest BCUT2D eigenvalue weighted by molar-refractivity contribution is 0.421.